The number of carbonyl (C=O) groups excluding carboxylic acids is 1. The summed E-state index contributed by atoms with van der Waals surface area (Å²) < 4.78 is 22.2. The van der Waals surface area contributed by atoms with Crippen LogP contribution in [0.2, 0.25) is 0 Å². The topological polar surface area (TPSA) is 78.4 Å². The standard InChI is InChI=1S/C23H30N2O5/c1-6-19(16-10-12-18(27-5)13-11-16)24-25-23(26)17-14-20(28-7-2)22(30-9-4)21(15-17)29-8-3/h10-15H,6-9H2,1-5H3,(H,25,26). The molecule has 0 heterocycles. The largest absolute Gasteiger partial charge is 0.497 e. The number of nitrogens with one attached hydrogen (secondary N) is 1. The van der Waals surface area contributed by atoms with Gasteiger partial charge in [-0.15, -0.1) is 0 Å². The molecule has 0 spiro atoms. The lowest BCUT2D eigenvalue weighted by atomic mass is 10.1. The molecule has 30 heavy (non-hydrogen) atoms. The molecule has 1 N–H and O–H groups in total. The predicted octanol–water partition coefficient (Wildman–Crippen LogP) is 4.44. The lowest BCUT2D eigenvalue weighted by Crippen LogP contribution is -2.20. The fourth-order valence-corrected chi connectivity index (χ4v) is 2.83. The molecule has 0 saturated carbocycles. The van der Waals surface area contributed by atoms with Gasteiger partial charge in [-0.1, -0.05) is 6.92 Å². The van der Waals surface area contributed by atoms with Crippen LogP contribution in [-0.4, -0.2) is 38.5 Å². The molecule has 0 aliphatic rings. The van der Waals surface area contributed by atoms with E-state index in [0.717, 1.165) is 17.0 Å². The highest BCUT2D eigenvalue weighted by Crippen LogP contribution is 2.39. The third-order valence-corrected chi connectivity index (χ3v) is 4.22. The summed E-state index contributed by atoms with van der Waals surface area (Å²) in [6, 6.07) is 10.8. The molecule has 0 atom stereocenters. The smallest absolute Gasteiger partial charge is 0.271 e. The van der Waals surface area contributed by atoms with Crippen LogP contribution in [0.3, 0.4) is 0 Å². The number of ether oxygens (including phenoxy) is 4. The zero-order valence-electron chi connectivity index (χ0n) is 18.3. The Morgan fingerprint density at radius 3 is 1.90 bits per heavy atom. The minimum Gasteiger partial charge on any atom is -0.497 e. The van der Waals surface area contributed by atoms with Crippen LogP contribution in [0.4, 0.5) is 0 Å². The first kappa shape index (κ1) is 23.1. The zero-order chi connectivity index (χ0) is 21.9. The Balaban J connectivity index is 2.30. The van der Waals surface area contributed by atoms with Crippen LogP contribution in [0.5, 0.6) is 23.0 Å². The summed E-state index contributed by atoms with van der Waals surface area (Å²) in [6.07, 6.45) is 0.657. The van der Waals surface area contributed by atoms with E-state index >= 15 is 0 Å². The van der Waals surface area contributed by atoms with E-state index in [-0.39, 0.29) is 5.91 Å². The van der Waals surface area contributed by atoms with E-state index in [1.54, 1.807) is 19.2 Å². The van der Waals surface area contributed by atoms with Crippen molar-refractivity contribution in [3.05, 3.63) is 47.5 Å². The fraction of sp³-hybridized carbons (Fsp3) is 0.391. The fourth-order valence-electron chi connectivity index (χ4n) is 2.83. The van der Waals surface area contributed by atoms with Crippen molar-refractivity contribution in [1.29, 1.82) is 0 Å². The van der Waals surface area contributed by atoms with Crippen molar-refractivity contribution in [2.24, 2.45) is 5.10 Å². The Hall–Kier alpha value is -3.22. The van der Waals surface area contributed by atoms with Crippen molar-refractivity contribution in [2.75, 3.05) is 26.9 Å². The second kappa shape index (κ2) is 11.7. The molecular formula is C23H30N2O5. The van der Waals surface area contributed by atoms with Gasteiger partial charge in [0.1, 0.15) is 5.75 Å². The zero-order valence-corrected chi connectivity index (χ0v) is 18.3. The molecule has 0 fully saturated rings. The van der Waals surface area contributed by atoms with Gasteiger partial charge in [-0.3, -0.25) is 4.79 Å². The first-order chi connectivity index (χ1) is 14.6. The first-order valence-electron chi connectivity index (χ1n) is 10.2. The normalized spacial score (nSPS) is 11.0. The van der Waals surface area contributed by atoms with Crippen LogP contribution >= 0.6 is 0 Å². The number of methoxy groups -OCH3 is 1. The molecule has 2 aromatic rings. The summed E-state index contributed by atoms with van der Waals surface area (Å²) in [5.41, 5.74) is 4.68. The molecule has 0 saturated heterocycles. The number of amides is 1. The molecule has 0 aliphatic heterocycles. The summed E-state index contributed by atoms with van der Waals surface area (Å²) in [4.78, 5) is 12.8. The van der Waals surface area contributed by atoms with Crippen LogP contribution in [-0.2, 0) is 0 Å². The van der Waals surface area contributed by atoms with E-state index in [1.165, 1.54) is 0 Å². The van der Waals surface area contributed by atoms with Gasteiger partial charge < -0.3 is 18.9 Å². The van der Waals surface area contributed by atoms with Gasteiger partial charge in [0.2, 0.25) is 5.75 Å². The Bertz CT molecular complexity index is 835. The average molecular weight is 415 g/mol. The molecule has 7 nitrogen and oxygen atoms in total. The summed E-state index contributed by atoms with van der Waals surface area (Å²) in [5.74, 6) is 1.82. The summed E-state index contributed by atoms with van der Waals surface area (Å²) in [5, 5.41) is 4.32. The van der Waals surface area contributed by atoms with Gasteiger partial charge in [0, 0.05) is 5.56 Å². The minimum atomic E-state index is -0.362. The quantitative estimate of drug-likeness (QED) is 0.435. The molecule has 7 heteroatoms. The van der Waals surface area contributed by atoms with Crippen molar-refractivity contribution >= 4 is 11.6 Å². The third-order valence-electron chi connectivity index (χ3n) is 4.22. The maximum atomic E-state index is 12.8. The van der Waals surface area contributed by atoms with Crippen LogP contribution in [0.25, 0.3) is 0 Å². The van der Waals surface area contributed by atoms with Crippen LogP contribution in [0.1, 0.15) is 50.0 Å². The first-order valence-corrected chi connectivity index (χ1v) is 10.2. The molecule has 1 amide bonds. The maximum Gasteiger partial charge on any atom is 0.271 e. The molecular weight excluding hydrogens is 384 g/mol. The number of hydrazone groups is 1. The Morgan fingerprint density at radius 2 is 1.43 bits per heavy atom. The van der Waals surface area contributed by atoms with E-state index in [2.05, 4.69) is 10.5 Å². The molecule has 2 rings (SSSR count). The number of nitrogens with zero attached hydrogens (tertiary/aromatic N) is 1. The highest BCUT2D eigenvalue weighted by molar-refractivity contribution is 6.02. The van der Waals surface area contributed by atoms with Gasteiger partial charge in [0.25, 0.3) is 5.91 Å². The second-order valence-corrected chi connectivity index (χ2v) is 6.18. The second-order valence-electron chi connectivity index (χ2n) is 6.18. The van der Waals surface area contributed by atoms with E-state index in [9.17, 15) is 4.79 Å². The van der Waals surface area contributed by atoms with Crippen molar-refractivity contribution in [3.63, 3.8) is 0 Å². The lowest BCUT2D eigenvalue weighted by Gasteiger charge is -2.16. The molecule has 0 aromatic heterocycles. The maximum absolute atomic E-state index is 12.8. The predicted molar refractivity (Wildman–Crippen MR) is 117 cm³/mol. The molecule has 0 bridgehead atoms. The molecule has 162 valence electrons. The Labute approximate surface area is 178 Å². The number of benzene rings is 2. The highest BCUT2D eigenvalue weighted by atomic mass is 16.5. The third kappa shape index (κ3) is 5.89. The van der Waals surface area contributed by atoms with E-state index in [4.69, 9.17) is 18.9 Å². The van der Waals surface area contributed by atoms with Crippen LogP contribution in [0, 0.1) is 0 Å². The molecule has 2 aromatic carbocycles. The SMILES string of the molecule is CCOc1cc(C(=O)NN=C(CC)c2ccc(OC)cc2)cc(OCC)c1OCC. The Kier molecular flexibility index (Phi) is 9.00. The summed E-state index contributed by atoms with van der Waals surface area (Å²) in [7, 11) is 1.62. The molecule has 0 aliphatic carbocycles. The van der Waals surface area contributed by atoms with Gasteiger partial charge >= 0.3 is 0 Å². The van der Waals surface area contributed by atoms with Gasteiger partial charge in [-0.05, 0) is 69.2 Å². The summed E-state index contributed by atoms with van der Waals surface area (Å²) >= 11 is 0. The van der Waals surface area contributed by atoms with Crippen LogP contribution in [0.15, 0.2) is 41.5 Å². The number of hydrogen-bond acceptors (Lipinski definition) is 6. The Morgan fingerprint density at radius 1 is 0.867 bits per heavy atom. The monoisotopic (exact) mass is 414 g/mol. The summed E-state index contributed by atoms with van der Waals surface area (Å²) in [6.45, 7) is 8.93. The van der Waals surface area contributed by atoms with Crippen molar-refractivity contribution < 1.29 is 23.7 Å². The van der Waals surface area contributed by atoms with Gasteiger partial charge in [-0.2, -0.15) is 5.10 Å². The van der Waals surface area contributed by atoms with E-state index < -0.39 is 0 Å². The van der Waals surface area contributed by atoms with Crippen LogP contribution < -0.4 is 24.4 Å². The van der Waals surface area contributed by atoms with E-state index in [1.807, 2.05) is 52.0 Å². The van der Waals surface area contributed by atoms with Crippen molar-refractivity contribution in [2.45, 2.75) is 34.1 Å². The lowest BCUT2D eigenvalue weighted by molar-refractivity contribution is 0.0953. The molecule has 0 unspecified atom stereocenters. The average Bonchev–Trinajstić information content (AvgIpc) is 2.76. The van der Waals surface area contributed by atoms with Gasteiger partial charge in [0.15, 0.2) is 11.5 Å². The van der Waals surface area contributed by atoms with Crippen molar-refractivity contribution in [1.82, 2.24) is 5.43 Å². The minimum absolute atomic E-state index is 0.362. The number of carbonyl (C=O) groups is 1. The molecule has 0 radical (unpaired) electrons. The number of rotatable bonds is 11. The van der Waals surface area contributed by atoms with Gasteiger partial charge in [0.05, 0.1) is 32.6 Å². The van der Waals surface area contributed by atoms with Crippen molar-refractivity contribution in [3.8, 4) is 23.0 Å². The van der Waals surface area contributed by atoms with Gasteiger partial charge in [-0.25, -0.2) is 5.43 Å². The highest BCUT2D eigenvalue weighted by Gasteiger charge is 2.18. The number of hydrogen-bond donors (Lipinski definition) is 1. The van der Waals surface area contributed by atoms with E-state index in [0.29, 0.717) is 49.1 Å².